The molecule has 0 aliphatic carbocycles. The molecule has 154 valence electrons. The molecule has 0 spiro atoms. The third kappa shape index (κ3) is 3.24. The predicted octanol–water partition coefficient (Wildman–Crippen LogP) is 4.52. The average molecular weight is 449 g/mol. The van der Waals surface area contributed by atoms with Gasteiger partial charge in [0.2, 0.25) is 5.78 Å². The molecule has 0 radical (unpaired) electrons. The van der Waals surface area contributed by atoms with Crippen LogP contribution in [0.3, 0.4) is 0 Å². The molecule has 31 heavy (non-hydrogen) atoms. The summed E-state index contributed by atoms with van der Waals surface area (Å²) in [5.41, 5.74) is 1.41. The number of nitrogens with zero attached hydrogens (tertiary/aromatic N) is 2. The molecule has 2 aromatic heterocycles. The van der Waals surface area contributed by atoms with Gasteiger partial charge in [-0.2, -0.15) is 0 Å². The number of thiophene rings is 1. The van der Waals surface area contributed by atoms with Crippen molar-refractivity contribution in [3.05, 3.63) is 76.5 Å². The van der Waals surface area contributed by atoms with E-state index in [1.54, 1.807) is 30.7 Å². The van der Waals surface area contributed by atoms with Crippen LogP contribution >= 0.6 is 22.7 Å². The summed E-state index contributed by atoms with van der Waals surface area (Å²) >= 11 is 2.56. The fourth-order valence-electron chi connectivity index (χ4n) is 3.83. The van der Waals surface area contributed by atoms with E-state index >= 15 is 0 Å². The molecule has 5 rings (SSSR count). The van der Waals surface area contributed by atoms with E-state index in [2.05, 4.69) is 4.98 Å². The molecule has 2 unspecified atom stereocenters. The SMILES string of the molecule is COc1ccc2nc(N3C(=O)C(=O)C(C(=O)c4cccs4)C3c3ccccc3)sc2c1. The number of carbonyl (C=O) groups excluding carboxylic acids is 3. The lowest BCUT2D eigenvalue weighted by Crippen LogP contribution is -2.30. The summed E-state index contributed by atoms with van der Waals surface area (Å²) in [5.74, 6) is -2.20. The summed E-state index contributed by atoms with van der Waals surface area (Å²) in [6.07, 6.45) is 0. The Morgan fingerprint density at radius 2 is 1.87 bits per heavy atom. The van der Waals surface area contributed by atoms with Gasteiger partial charge in [-0.3, -0.25) is 19.3 Å². The molecule has 0 N–H and O–H groups in total. The van der Waals surface area contributed by atoms with E-state index < -0.39 is 23.7 Å². The van der Waals surface area contributed by atoms with Gasteiger partial charge in [0.15, 0.2) is 10.9 Å². The highest BCUT2D eigenvalue weighted by molar-refractivity contribution is 7.22. The highest BCUT2D eigenvalue weighted by atomic mass is 32.1. The number of fused-ring (bicyclic) bond motifs is 1. The molecular formula is C23H16N2O4S2. The minimum atomic E-state index is -1.12. The van der Waals surface area contributed by atoms with Crippen LogP contribution < -0.4 is 9.64 Å². The van der Waals surface area contributed by atoms with Gasteiger partial charge < -0.3 is 4.74 Å². The first-order valence-electron chi connectivity index (χ1n) is 9.53. The van der Waals surface area contributed by atoms with Gasteiger partial charge >= 0.3 is 0 Å². The summed E-state index contributed by atoms with van der Waals surface area (Å²) in [6, 6.07) is 17.3. The minimum Gasteiger partial charge on any atom is -0.497 e. The summed E-state index contributed by atoms with van der Waals surface area (Å²) < 4.78 is 6.10. The van der Waals surface area contributed by atoms with E-state index in [9.17, 15) is 14.4 Å². The van der Waals surface area contributed by atoms with Gasteiger partial charge in [-0.25, -0.2) is 4.98 Å². The normalized spacial score (nSPS) is 18.7. The van der Waals surface area contributed by atoms with E-state index in [4.69, 9.17) is 4.74 Å². The first-order chi connectivity index (χ1) is 15.1. The Bertz CT molecular complexity index is 1300. The van der Waals surface area contributed by atoms with E-state index in [0.29, 0.717) is 26.8 Å². The minimum absolute atomic E-state index is 0.340. The number of methoxy groups -OCH3 is 1. The van der Waals surface area contributed by atoms with Crippen molar-refractivity contribution >= 4 is 55.5 Å². The summed E-state index contributed by atoms with van der Waals surface area (Å²) in [6.45, 7) is 0. The number of hydrogen-bond acceptors (Lipinski definition) is 7. The molecular weight excluding hydrogens is 432 g/mol. The van der Waals surface area contributed by atoms with Crippen molar-refractivity contribution in [2.24, 2.45) is 5.92 Å². The molecule has 1 saturated heterocycles. The monoisotopic (exact) mass is 448 g/mol. The van der Waals surface area contributed by atoms with Crippen LogP contribution in [0.4, 0.5) is 5.13 Å². The molecule has 2 aromatic carbocycles. The Labute approximate surface area is 185 Å². The van der Waals surface area contributed by atoms with E-state index in [1.807, 2.05) is 42.5 Å². The maximum Gasteiger partial charge on any atom is 0.297 e. The van der Waals surface area contributed by atoms with Gasteiger partial charge in [0.05, 0.1) is 28.2 Å². The maximum absolute atomic E-state index is 13.3. The number of ether oxygens (including phenoxy) is 1. The average Bonchev–Trinajstić information content (AvgIpc) is 3.52. The zero-order valence-electron chi connectivity index (χ0n) is 16.3. The fraction of sp³-hybridized carbons (Fsp3) is 0.130. The lowest BCUT2D eigenvalue weighted by atomic mass is 9.89. The number of anilines is 1. The van der Waals surface area contributed by atoms with Crippen LogP contribution in [0.15, 0.2) is 66.0 Å². The van der Waals surface area contributed by atoms with Gasteiger partial charge in [-0.05, 0) is 35.2 Å². The van der Waals surface area contributed by atoms with Crippen molar-refractivity contribution in [1.82, 2.24) is 4.98 Å². The number of carbonyl (C=O) groups is 3. The quantitative estimate of drug-likeness (QED) is 0.255. The lowest BCUT2D eigenvalue weighted by Gasteiger charge is -2.24. The number of thiazole rings is 1. The van der Waals surface area contributed by atoms with E-state index in [-0.39, 0.29) is 5.78 Å². The Balaban J connectivity index is 1.65. The third-order valence-corrected chi connectivity index (χ3v) is 7.19. The number of rotatable bonds is 5. The van der Waals surface area contributed by atoms with Gasteiger partial charge in [0.1, 0.15) is 11.7 Å². The van der Waals surface area contributed by atoms with Crippen LogP contribution in [0.1, 0.15) is 21.3 Å². The van der Waals surface area contributed by atoms with Gasteiger partial charge in [0, 0.05) is 0 Å². The number of benzene rings is 2. The molecule has 1 aliphatic rings. The Hall–Kier alpha value is -3.36. The van der Waals surface area contributed by atoms with Crippen molar-refractivity contribution in [3.63, 3.8) is 0 Å². The van der Waals surface area contributed by atoms with E-state index in [1.165, 1.54) is 27.6 Å². The second kappa shape index (κ2) is 7.72. The number of aromatic nitrogens is 1. The largest absolute Gasteiger partial charge is 0.497 e. The van der Waals surface area contributed by atoms with Crippen molar-refractivity contribution in [2.75, 3.05) is 12.0 Å². The smallest absolute Gasteiger partial charge is 0.297 e. The fourth-order valence-corrected chi connectivity index (χ4v) is 5.56. The number of hydrogen-bond donors (Lipinski definition) is 0. The summed E-state index contributed by atoms with van der Waals surface area (Å²) in [7, 11) is 1.58. The second-order valence-electron chi connectivity index (χ2n) is 7.04. The number of ketones is 2. The van der Waals surface area contributed by atoms with Crippen LogP contribution in [0.5, 0.6) is 5.75 Å². The van der Waals surface area contributed by atoms with Crippen LogP contribution in [0, 0.1) is 5.92 Å². The summed E-state index contributed by atoms with van der Waals surface area (Å²) in [5, 5.41) is 2.17. The Kier molecular flexibility index (Phi) is 4.88. The van der Waals surface area contributed by atoms with Gasteiger partial charge in [-0.15, -0.1) is 11.3 Å². The Morgan fingerprint density at radius 1 is 1.06 bits per heavy atom. The maximum atomic E-state index is 13.3. The zero-order chi connectivity index (χ0) is 21.5. The standard InChI is InChI=1S/C23H16N2O4S2/c1-29-14-9-10-15-17(12-14)31-23(24-15)25-19(13-6-3-2-4-7-13)18(21(27)22(25)28)20(26)16-8-5-11-30-16/h2-12,18-19H,1H3. The van der Waals surface area contributed by atoms with Crippen LogP contribution in [0.2, 0.25) is 0 Å². The summed E-state index contributed by atoms with van der Waals surface area (Å²) in [4.78, 5) is 45.9. The molecule has 4 aromatic rings. The molecule has 1 aliphatic heterocycles. The number of amides is 1. The zero-order valence-corrected chi connectivity index (χ0v) is 18.0. The van der Waals surface area contributed by atoms with Crippen LogP contribution in [-0.2, 0) is 9.59 Å². The predicted molar refractivity (Wildman–Crippen MR) is 120 cm³/mol. The number of Topliss-reactive ketones (excluding diaryl/α,β-unsaturated/α-hetero) is 2. The molecule has 0 saturated carbocycles. The molecule has 2 atom stereocenters. The Morgan fingerprint density at radius 3 is 2.58 bits per heavy atom. The molecule has 1 fully saturated rings. The molecule has 0 bridgehead atoms. The molecule has 3 heterocycles. The lowest BCUT2D eigenvalue weighted by molar-refractivity contribution is -0.135. The second-order valence-corrected chi connectivity index (χ2v) is 9.00. The first kappa shape index (κ1) is 19.6. The highest BCUT2D eigenvalue weighted by Crippen LogP contribution is 2.44. The topological polar surface area (TPSA) is 76.6 Å². The third-order valence-electron chi connectivity index (χ3n) is 5.28. The first-order valence-corrected chi connectivity index (χ1v) is 11.2. The van der Waals surface area contributed by atoms with Crippen molar-refractivity contribution in [1.29, 1.82) is 0 Å². The van der Waals surface area contributed by atoms with E-state index in [0.717, 1.165) is 4.70 Å². The highest BCUT2D eigenvalue weighted by Gasteiger charge is 2.53. The van der Waals surface area contributed by atoms with Crippen LogP contribution in [-0.4, -0.2) is 29.6 Å². The van der Waals surface area contributed by atoms with Gasteiger partial charge in [0.25, 0.3) is 5.91 Å². The van der Waals surface area contributed by atoms with Crippen molar-refractivity contribution < 1.29 is 19.1 Å². The molecule has 8 heteroatoms. The van der Waals surface area contributed by atoms with Crippen LogP contribution in [0.25, 0.3) is 10.2 Å². The molecule has 6 nitrogen and oxygen atoms in total. The van der Waals surface area contributed by atoms with Crippen molar-refractivity contribution in [2.45, 2.75) is 6.04 Å². The van der Waals surface area contributed by atoms with Crippen molar-refractivity contribution in [3.8, 4) is 5.75 Å². The van der Waals surface area contributed by atoms with Gasteiger partial charge in [-0.1, -0.05) is 47.7 Å². The molecule has 1 amide bonds.